The highest BCUT2D eigenvalue weighted by molar-refractivity contribution is 5.91. The van der Waals surface area contributed by atoms with Crippen LogP contribution in [-0.4, -0.2) is 15.9 Å². The minimum Gasteiger partial charge on any atom is -0.482 e. The molecule has 136 valence electrons. The van der Waals surface area contributed by atoms with Gasteiger partial charge in [-0.2, -0.15) is 0 Å². The molecule has 0 atom stereocenters. The molecule has 0 bridgehead atoms. The van der Waals surface area contributed by atoms with Crippen LogP contribution in [-0.2, 0) is 13.2 Å². The number of nitrogens with one attached hydrogen (secondary N) is 1. The number of aromatic nitrogens is 2. The Morgan fingerprint density at radius 2 is 2.07 bits per heavy atom. The lowest BCUT2D eigenvalue weighted by Crippen LogP contribution is -2.22. The normalized spacial score (nSPS) is 10.9. The Kier molecular flexibility index (Phi) is 4.57. The molecule has 0 aliphatic rings. The van der Waals surface area contributed by atoms with Gasteiger partial charge in [0.15, 0.2) is 12.3 Å². The van der Waals surface area contributed by atoms with E-state index < -0.39 is 0 Å². The maximum absolute atomic E-state index is 12.2. The van der Waals surface area contributed by atoms with Crippen molar-refractivity contribution >= 4 is 16.8 Å². The van der Waals surface area contributed by atoms with Gasteiger partial charge in [0.25, 0.3) is 5.91 Å². The zero-order valence-electron chi connectivity index (χ0n) is 14.6. The molecule has 1 amide bonds. The Bertz CT molecular complexity index is 1080. The van der Waals surface area contributed by atoms with E-state index in [1.807, 2.05) is 49.4 Å². The first-order valence-corrected chi connectivity index (χ1v) is 8.43. The van der Waals surface area contributed by atoms with Crippen molar-refractivity contribution in [1.82, 2.24) is 15.3 Å². The van der Waals surface area contributed by atoms with Crippen LogP contribution in [0.2, 0.25) is 0 Å². The van der Waals surface area contributed by atoms with Gasteiger partial charge < -0.3 is 18.9 Å². The summed E-state index contributed by atoms with van der Waals surface area (Å²) in [5.41, 5.74) is 0.950. The van der Waals surface area contributed by atoms with Crippen LogP contribution in [0.3, 0.4) is 0 Å². The monoisotopic (exact) mass is 363 g/mol. The van der Waals surface area contributed by atoms with E-state index in [1.54, 1.807) is 6.20 Å². The third-order valence-corrected chi connectivity index (χ3v) is 3.95. The second-order valence-corrected chi connectivity index (χ2v) is 5.94. The molecule has 3 heterocycles. The summed E-state index contributed by atoms with van der Waals surface area (Å²) in [5.74, 6) is 2.07. The molecule has 1 N–H and O–H groups in total. The van der Waals surface area contributed by atoms with E-state index in [4.69, 9.17) is 13.6 Å². The molecule has 0 radical (unpaired) electrons. The maximum atomic E-state index is 12.2. The molecule has 0 aliphatic heterocycles. The third-order valence-electron chi connectivity index (χ3n) is 3.95. The molecule has 27 heavy (non-hydrogen) atoms. The number of benzene rings is 1. The van der Waals surface area contributed by atoms with E-state index in [-0.39, 0.29) is 24.8 Å². The minimum absolute atomic E-state index is 0.0976. The van der Waals surface area contributed by atoms with Gasteiger partial charge in [-0.15, -0.1) is 0 Å². The number of nitrogens with zero attached hydrogens (tertiary/aromatic N) is 2. The Balaban J connectivity index is 1.38. The van der Waals surface area contributed by atoms with Crippen molar-refractivity contribution < 1.29 is 18.4 Å². The lowest BCUT2D eigenvalue weighted by atomic mass is 10.2. The van der Waals surface area contributed by atoms with Crippen LogP contribution >= 0.6 is 0 Å². The second-order valence-electron chi connectivity index (χ2n) is 5.94. The summed E-state index contributed by atoms with van der Waals surface area (Å²) < 4.78 is 16.5. The largest absolute Gasteiger partial charge is 0.482 e. The van der Waals surface area contributed by atoms with Gasteiger partial charge in [-0.25, -0.2) is 4.98 Å². The van der Waals surface area contributed by atoms with Crippen LogP contribution in [0.5, 0.6) is 5.75 Å². The van der Waals surface area contributed by atoms with Gasteiger partial charge in [0.2, 0.25) is 5.89 Å². The van der Waals surface area contributed by atoms with Crippen molar-refractivity contribution in [2.45, 2.75) is 20.1 Å². The van der Waals surface area contributed by atoms with E-state index in [0.717, 1.165) is 16.7 Å². The summed E-state index contributed by atoms with van der Waals surface area (Å²) in [5, 5.41) is 3.72. The highest BCUT2D eigenvalue weighted by Crippen LogP contribution is 2.23. The molecular weight excluding hydrogens is 346 g/mol. The van der Waals surface area contributed by atoms with Crippen molar-refractivity contribution in [3.05, 3.63) is 78.0 Å². The Morgan fingerprint density at radius 1 is 1.19 bits per heavy atom. The number of amides is 1. The van der Waals surface area contributed by atoms with E-state index in [1.165, 1.54) is 6.26 Å². The standard InChI is InChI=1S/C20H17N3O4/c1-13-7-8-15(27-13)10-22-20(24)16-11-26-18(23-16)12-25-17-6-2-4-14-5-3-9-21-19(14)17/h2-9,11H,10,12H2,1H3,(H,22,24). The van der Waals surface area contributed by atoms with Crippen LogP contribution < -0.4 is 10.1 Å². The average molecular weight is 363 g/mol. The Hall–Kier alpha value is -3.61. The zero-order chi connectivity index (χ0) is 18.6. The van der Waals surface area contributed by atoms with E-state index >= 15 is 0 Å². The van der Waals surface area contributed by atoms with Crippen LogP contribution in [0, 0.1) is 6.92 Å². The molecule has 7 heteroatoms. The van der Waals surface area contributed by atoms with E-state index in [9.17, 15) is 4.79 Å². The molecule has 0 saturated carbocycles. The molecule has 3 aromatic heterocycles. The smallest absolute Gasteiger partial charge is 0.273 e. The van der Waals surface area contributed by atoms with Crippen LogP contribution in [0.15, 0.2) is 63.8 Å². The Morgan fingerprint density at radius 3 is 2.93 bits per heavy atom. The molecule has 1 aromatic carbocycles. The molecule has 7 nitrogen and oxygen atoms in total. The van der Waals surface area contributed by atoms with Crippen molar-refractivity contribution in [2.24, 2.45) is 0 Å². The first kappa shape index (κ1) is 16.8. The van der Waals surface area contributed by atoms with Crippen LogP contribution in [0.4, 0.5) is 0 Å². The van der Waals surface area contributed by atoms with Gasteiger partial charge in [0.05, 0.1) is 6.54 Å². The lowest BCUT2D eigenvalue weighted by Gasteiger charge is -2.06. The number of hydrogen-bond donors (Lipinski definition) is 1. The van der Waals surface area contributed by atoms with Gasteiger partial charge in [0.1, 0.15) is 29.0 Å². The molecular formula is C20H17N3O4. The summed E-state index contributed by atoms with van der Waals surface area (Å²) in [6.45, 7) is 2.23. The lowest BCUT2D eigenvalue weighted by molar-refractivity contribution is 0.0942. The first-order valence-electron chi connectivity index (χ1n) is 8.43. The number of carbonyl (C=O) groups is 1. The van der Waals surface area contributed by atoms with Gasteiger partial charge in [-0.05, 0) is 31.2 Å². The Labute approximate surface area is 155 Å². The fourth-order valence-electron chi connectivity index (χ4n) is 2.65. The van der Waals surface area contributed by atoms with Crippen molar-refractivity contribution in [1.29, 1.82) is 0 Å². The molecule has 4 aromatic rings. The van der Waals surface area contributed by atoms with Gasteiger partial charge in [-0.3, -0.25) is 9.78 Å². The van der Waals surface area contributed by atoms with Gasteiger partial charge in [0, 0.05) is 11.6 Å². The molecule has 0 aliphatic carbocycles. The molecule has 0 fully saturated rings. The van der Waals surface area contributed by atoms with Gasteiger partial charge in [-0.1, -0.05) is 18.2 Å². The molecule has 4 rings (SSSR count). The van der Waals surface area contributed by atoms with Crippen molar-refractivity contribution in [3.63, 3.8) is 0 Å². The third kappa shape index (κ3) is 3.82. The van der Waals surface area contributed by atoms with Crippen LogP contribution in [0.1, 0.15) is 27.9 Å². The fourth-order valence-corrected chi connectivity index (χ4v) is 2.65. The van der Waals surface area contributed by atoms with Crippen LogP contribution in [0.25, 0.3) is 10.9 Å². The molecule has 0 unspecified atom stereocenters. The second kappa shape index (κ2) is 7.33. The number of rotatable bonds is 6. The highest BCUT2D eigenvalue weighted by atomic mass is 16.5. The van der Waals surface area contributed by atoms with Gasteiger partial charge >= 0.3 is 0 Å². The fraction of sp³-hybridized carbons (Fsp3) is 0.150. The van der Waals surface area contributed by atoms with Crippen molar-refractivity contribution in [3.8, 4) is 5.75 Å². The number of furan rings is 1. The number of pyridine rings is 1. The SMILES string of the molecule is Cc1ccc(CNC(=O)c2coc(COc3cccc4cccnc34)n2)o1. The summed E-state index contributed by atoms with van der Waals surface area (Å²) >= 11 is 0. The minimum atomic E-state index is -0.342. The van der Waals surface area contributed by atoms with E-state index in [2.05, 4.69) is 15.3 Å². The maximum Gasteiger partial charge on any atom is 0.273 e. The first-order chi connectivity index (χ1) is 13.2. The number of carbonyl (C=O) groups excluding carboxylic acids is 1. The average Bonchev–Trinajstić information content (AvgIpc) is 3.33. The number of hydrogen-bond acceptors (Lipinski definition) is 6. The topological polar surface area (TPSA) is 90.4 Å². The summed E-state index contributed by atoms with van der Waals surface area (Å²) in [6.07, 6.45) is 3.02. The number of ether oxygens (including phenoxy) is 1. The quantitative estimate of drug-likeness (QED) is 0.562. The predicted molar refractivity (Wildman–Crippen MR) is 97.2 cm³/mol. The molecule has 0 saturated heterocycles. The highest BCUT2D eigenvalue weighted by Gasteiger charge is 2.13. The number of oxazole rings is 1. The number of fused-ring (bicyclic) bond motifs is 1. The number of aryl methyl sites for hydroxylation is 1. The van der Waals surface area contributed by atoms with E-state index in [0.29, 0.717) is 17.4 Å². The van der Waals surface area contributed by atoms with Crippen molar-refractivity contribution in [2.75, 3.05) is 0 Å². The summed E-state index contributed by atoms with van der Waals surface area (Å²) in [4.78, 5) is 20.7. The number of para-hydroxylation sites is 1. The zero-order valence-corrected chi connectivity index (χ0v) is 14.6. The summed E-state index contributed by atoms with van der Waals surface area (Å²) in [7, 11) is 0. The molecule has 0 spiro atoms. The predicted octanol–water partition coefficient (Wildman–Crippen LogP) is 3.63. The summed E-state index contributed by atoms with van der Waals surface area (Å²) in [6, 6.07) is 13.2.